The molecular weight excluding hydrogens is 278 g/mol. The predicted molar refractivity (Wildman–Crippen MR) is 87.2 cm³/mol. The second-order valence-electron chi connectivity index (χ2n) is 5.49. The van der Waals surface area contributed by atoms with Crippen LogP contribution < -0.4 is 19.9 Å². The average molecular weight is 299 g/mol. The summed E-state index contributed by atoms with van der Waals surface area (Å²) in [6.07, 6.45) is 0. The monoisotopic (exact) mass is 299 g/mol. The van der Waals surface area contributed by atoms with Gasteiger partial charge in [0.1, 0.15) is 0 Å². The van der Waals surface area contributed by atoms with E-state index < -0.39 is 0 Å². The summed E-state index contributed by atoms with van der Waals surface area (Å²) in [6.45, 7) is 2.64. The van der Waals surface area contributed by atoms with Crippen molar-refractivity contribution in [2.45, 2.75) is 12.8 Å². The Morgan fingerprint density at radius 1 is 0.955 bits per heavy atom. The van der Waals surface area contributed by atoms with E-state index in [4.69, 9.17) is 19.9 Å². The van der Waals surface area contributed by atoms with E-state index in [1.54, 1.807) is 21.3 Å². The van der Waals surface area contributed by atoms with Crippen molar-refractivity contribution in [2.24, 2.45) is 5.73 Å². The number of nitrogens with two attached hydrogens (primary N) is 1. The van der Waals surface area contributed by atoms with Crippen LogP contribution in [0.5, 0.6) is 17.2 Å². The van der Waals surface area contributed by atoms with Crippen LogP contribution in [-0.2, 0) is 0 Å². The maximum atomic E-state index is 6.05. The van der Waals surface area contributed by atoms with E-state index in [1.165, 1.54) is 11.1 Å². The second-order valence-corrected chi connectivity index (χ2v) is 5.49. The molecule has 1 aliphatic carbocycles. The Bertz CT molecular complexity index is 725. The van der Waals surface area contributed by atoms with Crippen LogP contribution >= 0.6 is 0 Å². The van der Waals surface area contributed by atoms with Crippen LogP contribution in [0.4, 0.5) is 0 Å². The van der Waals surface area contributed by atoms with Crippen LogP contribution in [0, 0.1) is 6.92 Å². The summed E-state index contributed by atoms with van der Waals surface area (Å²) in [5, 5.41) is 0. The van der Waals surface area contributed by atoms with Gasteiger partial charge in [-0.1, -0.05) is 23.8 Å². The van der Waals surface area contributed by atoms with Gasteiger partial charge in [-0.2, -0.15) is 0 Å². The first kappa shape index (κ1) is 14.7. The molecule has 2 N–H and O–H groups in total. The van der Waals surface area contributed by atoms with Crippen molar-refractivity contribution in [1.29, 1.82) is 0 Å². The number of methoxy groups -OCH3 is 3. The van der Waals surface area contributed by atoms with Gasteiger partial charge < -0.3 is 19.9 Å². The van der Waals surface area contributed by atoms with Gasteiger partial charge in [0.05, 0.1) is 21.3 Å². The SMILES string of the molecule is COc1cc2c(c(OC)c1OC)-c1ccc(C)cc1C2CN. The molecule has 0 amide bonds. The Labute approximate surface area is 130 Å². The Kier molecular flexibility index (Phi) is 3.71. The van der Waals surface area contributed by atoms with Crippen LogP contribution in [-0.4, -0.2) is 27.9 Å². The molecule has 0 heterocycles. The quantitative estimate of drug-likeness (QED) is 0.942. The summed E-state index contributed by atoms with van der Waals surface area (Å²) >= 11 is 0. The molecule has 0 aromatic heterocycles. The minimum Gasteiger partial charge on any atom is -0.493 e. The van der Waals surface area contributed by atoms with Crippen LogP contribution in [0.2, 0.25) is 0 Å². The van der Waals surface area contributed by atoms with Crippen LogP contribution in [0.25, 0.3) is 11.1 Å². The largest absolute Gasteiger partial charge is 0.493 e. The van der Waals surface area contributed by atoms with E-state index in [0.717, 1.165) is 16.7 Å². The number of ether oxygens (including phenoxy) is 3. The maximum Gasteiger partial charge on any atom is 0.203 e. The minimum absolute atomic E-state index is 0.151. The van der Waals surface area contributed by atoms with E-state index >= 15 is 0 Å². The number of hydrogen-bond donors (Lipinski definition) is 1. The predicted octanol–water partition coefficient (Wildman–Crippen LogP) is 3.09. The molecule has 0 bridgehead atoms. The molecule has 1 atom stereocenters. The molecule has 4 nitrogen and oxygen atoms in total. The molecular formula is C18H21NO3. The number of fused-ring (bicyclic) bond motifs is 3. The van der Waals surface area contributed by atoms with Gasteiger partial charge in [0, 0.05) is 18.0 Å². The van der Waals surface area contributed by atoms with Gasteiger partial charge in [-0.05, 0) is 29.7 Å². The Hall–Kier alpha value is -2.20. The smallest absolute Gasteiger partial charge is 0.203 e. The minimum atomic E-state index is 0.151. The summed E-state index contributed by atoms with van der Waals surface area (Å²) in [6, 6.07) is 8.46. The van der Waals surface area contributed by atoms with Gasteiger partial charge in [0.15, 0.2) is 11.5 Å². The Morgan fingerprint density at radius 2 is 1.68 bits per heavy atom. The van der Waals surface area contributed by atoms with Crippen molar-refractivity contribution >= 4 is 0 Å². The fourth-order valence-electron chi connectivity index (χ4n) is 3.35. The van der Waals surface area contributed by atoms with Crippen molar-refractivity contribution in [3.63, 3.8) is 0 Å². The lowest BCUT2D eigenvalue weighted by atomic mass is 9.96. The molecule has 1 unspecified atom stereocenters. The van der Waals surface area contributed by atoms with E-state index in [0.29, 0.717) is 23.8 Å². The first-order valence-corrected chi connectivity index (χ1v) is 7.30. The second kappa shape index (κ2) is 5.54. The molecule has 0 saturated carbocycles. The van der Waals surface area contributed by atoms with E-state index in [9.17, 15) is 0 Å². The molecule has 0 spiro atoms. The Morgan fingerprint density at radius 3 is 2.27 bits per heavy atom. The molecule has 3 rings (SSSR count). The van der Waals surface area contributed by atoms with Crippen LogP contribution in [0.15, 0.2) is 24.3 Å². The number of benzene rings is 2. The first-order chi connectivity index (χ1) is 10.7. The summed E-state index contributed by atoms with van der Waals surface area (Å²) in [4.78, 5) is 0. The van der Waals surface area contributed by atoms with Crippen molar-refractivity contribution in [1.82, 2.24) is 0 Å². The van der Waals surface area contributed by atoms with E-state index in [1.807, 2.05) is 6.07 Å². The first-order valence-electron chi connectivity index (χ1n) is 7.30. The van der Waals surface area contributed by atoms with Gasteiger partial charge in [-0.15, -0.1) is 0 Å². The fraction of sp³-hybridized carbons (Fsp3) is 0.333. The summed E-state index contributed by atoms with van der Waals surface area (Å²) in [7, 11) is 4.91. The van der Waals surface area contributed by atoms with Gasteiger partial charge in [-0.25, -0.2) is 0 Å². The summed E-state index contributed by atoms with van der Waals surface area (Å²) in [5.41, 5.74) is 11.9. The van der Waals surface area contributed by atoms with Crippen molar-refractivity contribution in [3.05, 3.63) is 41.0 Å². The molecule has 0 saturated heterocycles. The molecule has 4 heteroatoms. The average Bonchev–Trinajstić information content (AvgIpc) is 2.84. The van der Waals surface area contributed by atoms with E-state index in [-0.39, 0.29) is 5.92 Å². The lowest BCUT2D eigenvalue weighted by molar-refractivity contribution is 0.325. The van der Waals surface area contributed by atoms with Crippen LogP contribution in [0.1, 0.15) is 22.6 Å². The third kappa shape index (κ3) is 1.95. The molecule has 2 aromatic carbocycles. The zero-order chi connectivity index (χ0) is 15.9. The van der Waals surface area contributed by atoms with Crippen LogP contribution in [0.3, 0.4) is 0 Å². The molecule has 1 aliphatic rings. The fourth-order valence-corrected chi connectivity index (χ4v) is 3.35. The van der Waals surface area contributed by atoms with Crippen molar-refractivity contribution < 1.29 is 14.2 Å². The summed E-state index contributed by atoms with van der Waals surface area (Å²) < 4.78 is 16.6. The van der Waals surface area contributed by atoms with Gasteiger partial charge >= 0.3 is 0 Å². The molecule has 0 aliphatic heterocycles. The number of hydrogen-bond acceptors (Lipinski definition) is 4. The standard InChI is InChI=1S/C18H21NO3/c1-10-5-6-11-12(7-10)14(9-19)13-8-15(20-2)17(21-3)18(22-4)16(11)13/h5-8,14H,9,19H2,1-4H3. The van der Waals surface area contributed by atoms with Gasteiger partial charge in [0.2, 0.25) is 5.75 Å². The lowest BCUT2D eigenvalue weighted by Gasteiger charge is -2.17. The zero-order valence-corrected chi connectivity index (χ0v) is 13.4. The number of rotatable bonds is 4. The molecule has 116 valence electrons. The van der Waals surface area contributed by atoms with Gasteiger partial charge in [0.25, 0.3) is 0 Å². The highest BCUT2D eigenvalue weighted by molar-refractivity contribution is 5.87. The van der Waals surface area contributed by atoms with Crippen molar-refractivity contribution in [3.8, 4) is 28.4 Å². The van der Waals surface area contributed by atoms with E-state index in [2.05, 4.69) is 25.1 Å². The maximum absolute atomic E-state index is 6.05. The summed E-state index contributed by atoms with van der Waals surface area (Å²) in [5.74, 6) is 2.14. The normalized spacial score (nSPS) is 15.2. The highest BCUT2D eigenvalue weighted by Crippen LogP contribution is 2.55. The molecule has 2 aromatic rings. The molecule has 0 radical (unpaired) electrons. The lowest BCUT2D eigenvalue weighted by Crippen LogP contribution is -2.11. The van der Waals surface area contributed by atoms with Gasteiger partial charge in [-0.3, -0.25) is 0 Å². The zero-order valence-electron chi connectivity index (χ0n) is 13.4. The highest BCUT2D eigenvalue weighted by atomic mass is 16.5. The highest BCUT2D eigenvalue weighted by Gasteiger charge is 2.33. The van der Waals surface area contributed by atoms with Crippen molar-refractivity contribution in [2.75, 3.05) is 27.9 Å². The topological polar surface area (TPSA) is 53.7 Å². The Balaban J connectivity index is 2.36. The molecule has 0 fully saturated rings. The molecule has 22 heavy (non-hydrogen) atoms. The number of aryl methyl sites for hydroxylation is 1. The third-order valence-electron chi connectivity index (χ3n) is 4.32. The third-order valence-corrected chi connectivity index (χ3v) is 4.32.